The van der Waals surface area contributed by atoms with Gasteiger partial charge >= 0.3 is 11.6 Å². The van der Waals surface area contributed by atoms with Crippen molar-refractivity contribution in [3.05, 3.63) is 29.6 Å². The average molecular weight is 264 g/mol. The molecule has 0 saturated carbocycles. The third-order valence-corrected chi connectivity index (χ3v) is 3.39. The van der Waals surface area contributed by atoms with Gasteiger partial charge in [0, 0.05) is 56.9 Å². The van der Waals surface area contributed by atoms with Crippen molar-refractivity contribution in [1.82, 2.24) is 9.80 Å². The maximum atomic E-state index is 12.3. The fraction of sp³-hybridized carbons (Fsp3) is 0.462. The van der Waals surface area contributed by atoms with E-state index in [0.29, 0.717) is 31.9 Å². The van der Waals surface area contributed by atoms with Gasteiger partial charge in [0.15, 0.2) is 0 Å². The zero-order valence-electron chi connectivity index (χ0n) is 11.2. The van der Waals surface area contributed by atoms with Crippen LogP contribution in [-0.4, -0.2) is 53.0 Å². The number of pyridine rings is 1. The topological polar surface area (TPSA) is 64.7 Å². The summed E-state index contributed by atoms with van der Waals surface area (Å²) >= 11 is 0. The molecule has 0 aliphatic carbocycles. The van der Waals surface area contributed by atoms with Gasteiger partial charge in [-0.25, -0.2) is 0 Å². The number of piperazine rings is 1. The van der Waals surface area contributed by atoms with E-state index < -0.39 is 0 Å². The van der Waals surface area contributed by atoms with Gasteiger partial charge in [0.2, 0.25) is 11.6 Å². The first-order valence-corrected chi connectivity index (χ1v) is 6.26. The van der Waals surface area contributed by atoms with E-state index >= 15 is 0 Å². The van der Waals surface area contributed by atoms with Crippen molar-refractivity contribution in [3.63, 3.8) is 0 Å². The van der Waals surface area contributed by atoms with Gasteiger partial charge in [0.05, 0.1) is 0 Å². The zero-order chi connectivity index (χ0) is 14.0. The van der Waals surface area contributed by atoms with Crippen molar-refractivity contribution in [2.45, 2.75) is 13.8 Å². The van der Waals surface area contributed by atoms with Crippen molar-refractivity contribution < 1.29 is 19.5 Å². The highest BCUT2D eigenvalue weighted by atomic mass is 16.5. The molecule has 6 heteroatoms. The van der Waals surface area contributed by atoms with Crippen LogP contribution >= 0.6 is 0 Å². The van der Waals surface area contributed by atoms with Crippen LogP contribution in [-0.2, 0) is 4.79 Å². The molecule has 0 radical (unpaired) electrons. The normalized spacial score (nSPS) is 15.5. The molecule has 1 N–H and O–H groups in total. The molecule has 1 fully saturated rings. The second-order valence-electron chi connectivity index (χ2n) is 4.66. The Morgan fingerprint density at radius 3 is 2.32 bits per heavy atom. The van der Waals surface area contributed by atoms with E-state index in [1.807, 2.05) is 0 Å². The second kappa shape index (κ2) is 5.26. The van der Waals surface area contributed by atoms with Crippen molar-refractivity contribution in [3.8, 4) is 0 Å². The minimum Gasteiger partial charge on any atom is -0.339 e. The Morgan fingerprint density at radius 1 is 1.16 bits per heavy atom. The van der Waals surface area contributed by atoms with Gasteiger partial charge in [-0.2, -0.15) is 0 Å². The van der Waals surface area contributed by atoms with Crippen LogP contribution in [0.3, 0.4) is 0 Å². The molecule has 0 aromatic carbocycles. The second-order valence-corrected chi connectivity index (χ2v) is 4.66. The summed E-state index contributed by atoms with van der Waals surface area (Å²) in [6.07, 6.45) is 0. The van der Waals surface area contributed by atoms with Crippen molar-refractivity contribution in [1.29, 1.82) is 0 Å². The molecule has 19 heavy (non-hydrogen) atoms. The molecule has 102 valence electrons. The summed E-state index contributed by atoms with van der Waals surface area (Å²) < 4.78 is 0.902. The number of amides is 2. The third-order valence-electron chi connectivity index (χ3n) is 3.39. The van der Waals surface area contributed by atoms with Crippen LogP contribution in [0, 0.1) is 6.92 Å². The largest absolute Gasteiger partial charge is 0.339 e. The molecule has 0 atom stereocenters. The molecule has 2 heterocycles. The first-order valence-electron chi connectivity index (χ1n) is 6.26. The van der Waals surface area contributed by atoms with Crippen LogP contribution < -0.4 is 4.73 Å². The van der Waals surface area contributed by atoms with Gasteiger partial charge in [-0.1, -0.05) is 0 Å². The Labute approximate surface area is 111 Å². The lowest BCUT2D eigenvalue weighted by molar-refractivity contribution is -0.910. The van der Waals surface area contributed by atoms with Crippen LogP contribution in [0.25, 0.3) is 0 Å². The average Bonchev–Trinajstić information content (AvgIpc) is 2.41. The van der Waals surface area contributed by atoms with E-state index in [-0.39, 0.29) is 17.5 Å². The zero-order valence-corrected chi connectivity index (χ0v) is 11.2. The van der Waals surface area contributed by atoms with Gasteiger partial charge in [0.25, 0.3) is 0 Å². The molecule has 0 bridgehead atoms. The van der Waals surface area contributed by atoms with Crippen LogP contribution in [0.1, 0.15) is 23.1 Å². The van der Waals surface area contributed by atoms with E-state index in [4.69, 9.17) is 0 Å². The third kappa shape index (κ3) is 2.67. The Morgan fingerprint density at radius 2 is 1.74 bits per heavy atom. The molecule has 1 aromatic rings. The van der Waals surface area contributed by atoms with Crippen molar-refractivity contribution in [2.75, 3.05) is 26.2 Å². The predicted octanol–water partition coefficient (Wildman–Crippen LogP) is -0.176. The van der Waals surface area contributed by atoms with Gasteiger partial charge in [-0.15, -0.1) is 0 Å². The minimum absolute atomic E-state index is 0.0277. The molecule has 1 saturated heterocycles. The quantitative estimate of drug-likeness (QED) is 0.565. The Hall–Kier alpha value is -2.11. The van der Waals surface area contributed by atoms with Crippen molar-refractivity contribution in [2.24, 2.45) is 0 Å². The number of aromatic nitrogens is 1. The SMILES string of the molecule is CC(=O)N1CCN(C(=O)c2cccc(C)[n+]2O)CC1. The van der Waals surface area contributed by atoms with Crippen LogP contribution in [0.5, 0.6) is 0 Å². The fourth-order valence-corrected chi connectivity index (χ4v) is 2.16. The predicted molar refractivity (Wildman–Crippen MR) is 66.7 cm³/mol. The highest BCUT2D eigenvalue weighted by molar-refractivity contribution is 5.91. The molecule has 0 unspecified atom stereocenters. The number of carbonyl (C=O) groups is 2. The lowest BCUT2D eigenvalue weighted by atomic mass is 10.2. The standard InChI is InChI=1S/C13H18N3O3/c1-10-4-3-5-12(16(10)19)13(18)15-8-6-14(7-9-15)11(2)17/h3-5,19H,6-9H2,1-2H3/q+1. The lowest BCUT2D eigenvalue weighted by Gasteiger charge is -2.33. The summed E-state index contributed by atoms with van der Waals surface area (Å²) in [6, 6.07) is 5.05. The number of rotatable bonds is 1. The van der Waals surface area contributed by atoms with Crippen LogP contribution in [0.2, 0.25) is 0 Å². The van der Waals surface area contributed by atoms with Crippen molar-refractivity contribution >= 4 is 11.8 Å². The summed E-state index contributed by atoms with van der Waals surface area (Å²) in [6.45, 7) is 5.32. The Kier molecular flexibility index (Phi) is 3.69. The molecule has 1 aliphatic heterocycles. The van der Waals surface area contributed by atoms with E-state index in [2.05, 4.69) is 0 Å². The van der Waals surface area contributed by atoms with Crippen LogP contribution in [0.4, 0.5) is 0 Å². The summed E-state index contributed by atoms with van der Waals surface area (Å²) in [7, 11) is 0. The fourth-order valence-electron chi connectivity index (χ4n) is 2.16. The number of nitrogens with zero attached hydrogens (tertiary/aromatic N) is 3. The van der Waals surface area contributed by atoms with Gasteiger partial charge in [-0.05, 0) is 6.07 Å². The van der Waals surface area contributed by atoms with E-state index in [0.717, 1.165) is 4.73 Å². The molecule has 6 nitrogen and oxygen atoms in total. The summed E-state index contributed by atoms with van der Waals surface area (Å²) in [5.41, 5.74) is 0.851. The van der Waals surface area contributed by atoms with Gasteiger partial charge in [0.1, 0.15) is 0 Å². The molecule has 1 aromatic heterocycles. The maximum absolute atomic E-state index is 12.3. The number of hydrogen-bond donors (Lipinski definition) is 1. The smallest absolute Gasteiger partial charge is 0.323 e. The molecule has 1 aliphatic rings. The molecular weight excluding hydrogens is 246 g/mol. The molecule has 0 spiro atoms. The molecule has 2 rings (SSSR count). The van der Waals surface area contributed by atoms with Gasteiger partial charge < -0.3 is 9.80 Å². The number of aryl methyl sites for hydroxylation is 1. The van der Waals surface area contributed by atoms with E-state index in [1.165, 1.54) is 6.92 Å². The maximum Gasteiger partial charge on any atom is 0.323 e. The van der Waals surface area contributed by atoms with E-state index in [1.54, 1.807) is 34.9 Å². The van der Waals surface area contributed by atoms with E-state index in [9.17, 15) is 14.8 Å². The summed E-state index contributed by atoms with van der Waals surface area (Å²) in [5.74, 6) is -0.186. The lowest BCUT2D eigenvalue weighted by Crippen LogP contribution is -2.53. The number of hydrogen-bond acceptors (Lipinski definition) is 3. The number of carbonyl (C=O) groups excluding carboxylic acids is 2. The Bertz CT molecular complexity index is 508. The summed E-state index contributed by atoms with van der Waals surface area (Å²) in [4.78, 5) is 26.9. The first-order chi connectivity index (χ1) is 9.00. The minimum atomic E-state index is -0.214. The molecular formula is C13H18N3O3+. The first kappa shape index (κ1) is 13.3. The highest BCUT2D eigenvalue weighted by Crippen LogP contribution is 2.07. The Balaban J connectivity index is 2.09. The van der Waals surface area contributed by atoms with Gasteiger partial charge in [-0.3, -0.25) is 14.8 Å². The van der Waals surface area contributed by atoms with Crippen LogP contribution in [0.15, 0.2) is 18.2 Å². The highest BCUT2D eigenvalue weighted by Gasteiger charge is 2.29. The monoisotopic (exact) mass is 264 g/mol. The molecule has 2 amide bonds. The summed E-state index contributed by atoms with van der Waals surface area (Å²) in [5, 5.41) is 9.84.